The number of nitrogens with zero attached hydrogens (tertiary/aromatic N) is 3. The molecule has 1 saturated heterocycles. The molecule has 2 aromatic rings. The van der Waals surface area contributed by atoms with Crippen molar-refractivity contribution >= 4 is 5.97 Å². The van der Waals surface area contributed by atoms with Crippen LogP contribution in [0.1, 0.15) is 40.1 Å². The van der Waals surface area contributed by atoms with Crippen LogP contribution in [0, 0.1) is 12.8 Å². The molecule has 122 valence electrons. The van der Waals surface area contributed by atoms with Crippen molar-refractivity contribution in [3.8, 4) is 0 Å². The van der Waals surface area contributed by atoms with E-state index in [9.17, 15) is 4.79 Å². The van der Waals surface area contributed by atoms with E-state index in [-0.39, 0.29) is 5.97 Å². The minimum atomic E-state index is -0.332. The predicted molar refractivity (Wildman–Crippen MR) is 86.4 cm³/mol. The average Bonchev–Trinajstić information content (AvgIpc) is 3.13. The SMILES string of the molecule is COC(=O)c1ccncc1Cc1cn([C@@H]2CNC[C@@H]2C)nc1C. The summed E-state index contributed by atoms with van der Waals surface area (Å²) in [4.78, 5) is 16.0. The highest BCUT2D eigenvalue weighted by molar-refractivity contribution is 5.90. The van der Waals surface area contributed by atoms with E-state index in [0.717, 1.165) is 29.9 Å². The van der Waals surface area contributed by atoms with E-state index in [1.807, 2.05) is 6.92 Å². The van der Waals surface area contributed by atoms with Gasteiger partial charge in [-0.1, -0.05) is 6.92 Å². The van der Waals surface area contributed by atoms with E-state index in [1.165, 1.54) is 7.11 Å². The monoisotopic (exact) mass is 314 g/mol. The Labute approximate surface area is 135 Å². The molecule has 0 saturated carbocycles. The highest BCUT2D eigenvalue weighted by atomic mass is 16.5. The molecule has 6 heteroatoms. The quantitative estimate of drug-likeness (QED) is 0.871. The smallest absolute Gasteiger partial charge is 0.338 e. The van der Waals surface area contributed by atoms with Crippen molar-refractivity contribution < 1.29 is 9.53 Å². The second-order valence-electron chi connectivity index (χ2n) is 6.12. The molecule has 2 aromatic heterocycles. The number of esters is 1. The molecule has 23 heavy (non-hydrogen) atoms. The van der Waals surface area contributed by atoms with Crippen LogP contribution in [0.3, 0.4) is 0 Å². The Balaban J connectivity index is 1.87. The van der Waals surface area contributed by atoms with Crippen LogP contribution in [-0.2, 0) is 11.2 Å². The first-order valence-corrected chi connectivity index (χ1v) is 7.86. The second-order valence-corrected chi connectivity index (χ2v) is 6.12. The Morgan fingerprint density at radius 3 is 2.96 bits per heavy atom. The minimum Gasteiger partial charge on any atom is -0.465 e. The fraction of sp³-hybridized carbons (Fsp3) is 0.471. The van der Waals surface area contributed by atoms with Crippen molar-refractivity contribution in [2.75, 3.05) is 20.2 Å². The molecule has 0 aromatic carbocycles. The molecular formula is C17H22N4O2. The molecule has 3 rings (SSSR count). The summed E-state index contributed by atoms with van der Waals surface area (Å²) in [6.45, 7) is 6.21. The van der Waals surface area contributed by atoms with Gasteiger partial charge in [-0.05, 0) is 36.6 Å². The Morgan fingerprint density at radius 2 is 2.26 bits per heavy atom. The maximum absolute atomic E-state index is 11.9. The summed E-state index contributed by atoms with van der Waals surface area (Å²) >= 11 is 0. The zero-order chi connectivity index (χ0) is 16.4. The second kappa shape index (κ2) is 6.50. The van der Waals surface area contributed by atoms with Crippen LogP contribution in [0.2, 0.25) is 0 Å². The first-order chi connectivity index (χ1) is 11.1. The van der Waals surface area contributed by atoms with Gasteiger partial charge in [0, 0.05) is 31.6 Å². The van der Waals surface area contributed by atoms with Gasteiger partial charge in [-0.15, -0.1) is 0 Å². The number of hydrogen-bond acceptors (Lipinski definition) is 5. The molecule has 0 unspecified atom stereocenters. The Morgan fingerprint density at radius 1 is 1.43 bits per heavy atom. The number of hydrogen-bond donors (Lipinski definition) is 1. The van der Waals surface area contributed by atoms with E-state index in [1.54, 1.807) is 18.5 Å². The molecule has 6 nitrogen and oxygen atoms in total. The number of ether oxygens (including phenoxy) is 1. The lowest BCUT2D eigenvalue weighted by atomic mass is 10.0. The highest BCUT2D eigenvalue weighted by Crippen LogP contribution is 2.24. The van der Waals surface area contributed by atoms with E-state index >= 15 is 0 Å². The largest absolute Gasteiger partial charge is 0.465 e. The highest BCUT2D eigenvalue weighted by Gasteiger charge is 2.26. The third kappa shape index (κ3) is 3.12. The molecular weight excluding hydrogens is 292 g/mol. The maximum atomic E-state index is 11.9. The van der Waals surface area contributed by atoms with Gasteiger partial charge in [0.25, 0.3) is 0 Å². The number of aryl methyl sites for hydroxylation is 1. The van der Waals surface area contributed by atoms with Crippen molar-refractivity contribution in [1.82, 2.24) is 20.1 Å². The Hall–Kier alpha value is -2.21. The molecule has 0 radical (unpaired) electrons. The number of pyridine rings is 1. The molecule has 0 spiro atoms. The van der Waals surface area contributed by atoms with Crippen molar-refractivity contribution in [2.24, 2.45) is 5.92 Å². The molecule has 0 bridgehead atoms. The van der Waals surface area contributed by atoms with Gasteiger partial charge in [-0.3, -0.25) is 9.67 Å². The van der Waals surface area contributed by atoms with E-state index in [2.05, 4.69) is 33.2 Å². The van der Waals surface area contributed by atoms with Crippen molar-refractivity contribution in [1.29, 1.82) is 0 Å². The summed E-state index contributed by atoms with van der Waals surface area (Å²) in [6.07, 6.45) is 6.05. The number of carbonyl (C=O) groups is 1. The third-order valence-electron chi connectivity index (χ3n) is 4.52. The zero-order valence-corrected chi connectivity index (χ0v) is 13.7. The van der Waals surface area contributed by atoms with Crippen LogP contribution in [0.15, 0.2) is 24.7 Å². The van der Waals surface area contributed by atoms with Gasteiger partial charge in [0.1, 0.15) is 0 Å². The summed E-state index contributed by atoms with van der Waals surface area (Å²) in [5, 5.41) is 8.07. The molecule has 1 fully saturated rings. The zero-order valence-electron chi connectivity index (χ0n) is 13.7. The van der Waals surface area contributed by atoms with Crippen molar-refractivity contribution in [3.05, 3.63) is 47.0 Å². The molecule has 0 aliphatic carbocycles. The van der Waals surface area contributed by atoms with E-state index in [0.29, 0.717) is 23.9 Å². The number of rotatable bonds is 4. The summed E-state index contributed by atoms with van der Waals surface area (Å²) in [5.41, 5.74) is 3.52. The molecule has 2 atom stereocenters. The molecule has 0 amide bonds. The standard InChI is InChI=1S/C17H22N4O2/c1-11-7-19-9-16(11)21-10-14(12(2)20-21)6-13-8-18-5-4-15(13)17(22)23-3/h4-5,8,10-11,16,19H,6-7,9H2,1-3H3/t11-,16+/m0/s1. The van der Waals surface area contributed by atoms with Crippen molar-refractivity contribution in [3.63, 3.8) is 0 Å². The van der Waals surface area contributed by atoms with Gasteiger partial charge in [-0.25, -0.2) is 4.79 Å². The fourth-order valence-electron chi connectivity index (χ4n) is 3.10. The number of methoxy groups -OCH3 is 1. The summed E-state index contributed by atoms with van der Waals surface area (Å²) in [5.74, 6) is 0.229. The minimum absolute atomic E-state index is 0.332. The van der Waals surface area contributed by atoms with Crippen LogP contribution >= 0.6 is 0 Å². The van der Waals surface area contributed by atoms with Gasteiger partial charge < -0.3 is 10.1 Å². The normalized spacial score (nSPS) is 20.7. The Kier molecular flexibility index (Phi) is 4.43. The van der Waals surface area contributed by atoms with Gasteiger partial charge >= 0.3 is 5.97 Å². The molecule has 1 aliphatic heterocycles. The summed E-state index contributed by atoms with van der Waals surface area (Å²) < 4.78 is 6.91. The van der Waals surface area contributed by atoms with E-state index in [4.69, 9.17) is 4.74 Å². The van der Waals surface area contributed by atoms with Crippen LogP contribution in [0.25, 0.3) is 0 Å². The summed E-state index contributed by atoms with van der Waals surface area (Å²) in [7, 11) is 1.39. The predicted octanol–water partition coefficient (Wildman–Crippen LogP) is 1.74. The van der Waals surface area contributed by atoms with Gasteiger partial charge in [0.2, 0.25) is 0 Å². The fourth-order valence-corrected chi connectivity index (χ4v) is 3.10. The lowest BCUT2D eigenvalue weighted by molar-refractivity contribution is 0.0599. The number of nitrogens with one attached hydrogen (secondary N) is 1. The van der Waals surface area contributed by atoms with Crippen molar-refractivity contribution in [2.45, 2.75) is 26.3 Å². The third-order valence-corrected chi connectivity index (χ3v) is 4.52. The molecule has 1 aliphatic rings. The lowest BCUT2D eigenvalue weighted by Gasteiger charge is -2.14. The van der Waals surface area contributed by atoms with Gasteiger partial charge in [-0.2, -0.15) is 5.10 Å². The van der Waals surface area contributed by atoms with Crippen LogP contribution in [0.5, 0.6) is 0 Å². The molecule has 3 heterocycles. The number of carbonyl (C=O) groups excluding carboxylic acids is 1. The van der Waals surface area contributed by atoms with Gasteiger partial charge in [0.05, 0.1) is 24.4 Å². The maximum Gasteiger partial charge on any atom is 0.338 e. The Bertz CT molecular complexity index is 710. The van der Waals surface area contributed by atoms with Gasteiger partial charge in [0.15, 0.2) is 0 Å². The first-order valence-electron chi connectivity index (χ1n) is 7.86. The first kappa shape index (κ1) is 15.7. The average molecular weight is 314 g/mol. The molecule has 1 N–H and O–H groups in total. The number of aromatic nitrogens is 3. The topological polar surface area (TPSA) is 69.0 Å². The van der Waals surface area contributed by atoms with Crippen LogP contribution < -0.4 is 5.32 Å². The van der Waals surface area contributed by atoms with Crippen LogP contribution in [0.4, 0.5) is 0 Å². The van der Waals surface area contributed by atoms with Crippen LogP contribution in [-0.4, -0.2) is 40.9 Å². The summed E-state index contributed by atoms with van der Waals surface area (Å²) in [6, 6.07) is 2.08. The van der Waals surface area contributed by atoms with E-state index < -0.39 is 0 Å². The lowest BCUT2D eigenvalue weighted by Crippen LogP contribution is -2.16.